The summed E-state index contributed by atoms with van der Waals surface area (Å²) in [4.78, 5) is 14.4. The number of likely N-dealkylation sites (tertiary alicyclic amines) is 1. The zero-order valence-electron chi connectivity index (χ0n) is 10.2. The van der Waals surface area contributed by atoms with E-state index in [9.17, 15) is 4.79 Å². The highest BCUT2D eigenvalue weighted by Gasteiger charge is 2.35. The Morgan fingerprint density at radius 2 is 2.25 bits per heavy atom. The lowest BCUT2D eigenvalue weighted by Gasteiger charge is -2.30. The lowest BCUT2D eigenvalue weighted by atomic mass is 9.94. The smallest absolute Gasteiger partial charge is 0.228 e. The van der Waals surface area contributed by atoms with E-state index in [0.29, 0.717) is 6.04 Å². The molecule has 0 radical (unpaired) electrons. The fraction of sp³-hybridized carbons (Fsp3) is 0.615. The average molecular weight is 237 g/mol. The lowest BCUT2D eigenvalue weighted by Crippen LogP contribution is -2.38. The van der Waals surface area contributed by atoms with Gasteiger partial charge in [0, 0.05) is 12.0 Å². The van der Waals surface area contributed by atoms with Crippen molar-refractivity contribution in [2.24, 2.45) is 5.41 Å². The second-order valence-electron chi connectivity index (χ2n) is 5.46. The van der Waals surface area contributed by atoms with E-state index >= 15 is 0 Å². The average Bonchev–Trinajstić information content (AvgIpc) is 2.85. The molecule has 2 nitrogen and oxygen atoms in total. The van der Waals surface area contributed by atoms with Crippen LogP contribution in [0.4, 0.5) is 0 Å². The Balaban J connectivity index is 2.19. The third-order valence-electron chi connectivity index (χ3n) is 3.08. The normalized spacial score (nSPS) is 21.4. The number of amides is 1. The summed E-state index contributed by atoms with van der Waals surface area (Å²) in [7, 11) is 0. The van der Waals surface area contributed by atoms with Gasteiger partial charge in [0.05, 0.1) is 6.04 Å². The van der Waals surface area contributed by atoms with Gasteiger partial charge < -0.3 is 4.90 Å². The maximum absolute atomic E-state index is 12.3. The molecule has 1 aromatic rings. The summed E-state index contributed by atoms with van der Waals surface area (Å²) in [6.07, 6.45) is 2.24. The fourth-order valence-electron chi connectivity index (χ4n) is 2.25. The first kappa shape index (κ1) is 11.6. The first-order valence-electron chi connectivity index (χ1n) is 5.83. The Morgan fingerprint density at radius 1 is 1.50 bits per heavy atom. The third-order valence-corrected chi connectivity index (χ3v) is 3.78. The maximum atomic E-state index is 12.3. The molecule has 88 valence electrons. The van der Waals surface area contributed by atoms with E-state index in [1.165, 1.54) is 5.56 Å². The molecule has 0 aromatic carbocycles. The van der Waals surface area contributed by atoms with E-state index in [0.717, 1.165) is 19.4 Å². The van der Waals surface area contributed by atoms with Crippen molar-refractivity contribution >= 4 is 17.2 Å². The topological polar surface area (TPSA) is 20.3 Å². The molecule has 0 bridgehead atoms. The van der Waals surface area contributed by atoms with Crippen LogP contribution in [0.2, 0.25) is 0 Å². The summed E-state index contributed by atoms with van der Waals surface area (Å²) in [6, 6.07) is 2.46. The van der Waals surface area contributed by atoms with E-state index in [-0.39, 0.29) is 11.3 Å². The second-order valence-corrected chi connectivity index (χ2v) is 6.24. The first-order chi connectivity index (χ1) is 7.50. The van der Waals surface area contributed by atoms with Crippen LogP contribution in [-0.2, 0) is 4.79 Å². The van der Waals surface area contributed by atoms with Gasteiger partial charge >= 0.3 is 0 Å². The number of carbonyl (C=O) groups excluding carboxylic acids is 1. The Bertz CT molecular complexity index is 364. The van der Waals surface area contributed by atoms with Gasteiger partial charge in [0.1, 0.15) is 0 Å². The van der Waals surface area contributed by atoms with Crippen molar-refractivity contribution in [1.29, 1.82) is 0 Å². The van der Waals surface area contributed by atoms with Crippen molar-refractivity contribution in [2.45, 2.75) is 39.7 Å². The van der Waals surface area contributed by atoms with E-state index in [2.05, 4.69) is 21.7 Å². The van der Waals surface area contributed by atoms with Gasteiger partial charge in [0.25, 0.3) is 0 Å². The number of thiophene rings is 1. The zero-order valence-corrected chi connectivity index (χ0v) is 11.0. The minimum absolute atomic E-state index is 0.265. The molecule has 3 heteroatoms. The minimum Gasteiger partial charge on any atom is -0.335 e. The highest BCUT2D eigenvalue weighted by molar-refractivity contribution is 7.07. The molecule has 1 aromatic heterocycles. The Kier molecular flexibility index (Phi) is 3.06. The largest absolute Gasteiger partial charge is 0.335 e. The monoisotopic (exact) mass is 237 g/mol. The number of hydrogen-bond acceptors (Lipinski definition) is 2. The molecule has 2 rings (SSSR count). The number of rotatable bonds is 1. The molecule has 0 saturated carbocycles. The van der Waals surface area contributed by atoms with E-state index in [1.54, 1.807) is 11.3 Å². The highest BCUT2D eigenvalue weighted by atomic mass is 32.1. The summed E-state index contributed by atoms with van der Waals surface area (Å²) in [5.74, 6) is 0.279. The summed E-state index contributed by atoms with van der Waals surface area (Å²) in [6.45, 7) is 6.91. The summed E-state index contributed by atoms with van der Waals surface area (Å²) < 4.78 is 0. The highest BCUT2D eigenvalue weighted by Crippen LogP contribution is 2.35. The molecule has 1 aliphatic rings. The summed E-state index contributed by atoms with van der Waals surface area (Å²) in [5, 5.41) is 4.26. The van der Waals surface area contributed by atoms with Crippen LogP contribution in [0.3, 0.4) is 0 Å². The number of nitrogens with zero attached hydrogens (tertiary/aromatic N) is 1. The molecule has 0 spiro atoms. The van der Waals surface area contributed by atoms with Crippen LogP contribution in [-0.4, -0.2) is 17.4 Å². The van der Waals surface area contributed by atoms with Gasteiger partial charge in [-0.25, -0.2) is 0 Å². The molecule has 1 fully saturated rings. The van der Waals surface area contributed by atoms with E-state index in [4.69, 9.17) is 0 Å². The summed E-state index contributed by atoms with van der Waals surface area (Å²) in [5.41, 5.74) is 1.04. The van der Waals surface area contributed by atoms with Crippen molar-refractivity contribution in [3.63, 3.8) is 0 Å². The van der Waals surface area contributed by atoms with Crippen molar-refractivity contribution in [2.75, 3.05) is 6.54 Å². The van der Waals surface area contributed by atoms with Crippen molar-refractivity contribution in [1.82, 2.24) is 4.90 Å². The van der Waals surface area contributed by atoms with Gasteiger partial charge in [-0.1, -0.05) is 20.8 Å². The third kappa shape index (κ3) is 2.14. The predicted octanol–water partition coefficient (Wildman–Crippen LogP) is 3.46. The lowest BCUT2D eigenvalue weighted by molar-refractivity contribution is -0.140. The van der Waals surface area contributed by atoms with Crippen molar-refractivity contribution < 1.29 is 4.79 Å². The maximum Gasteiger partial charge on any atom is 0.228 e. The van der Waals surface area contributed by atoms with Gasteiger partial charge in [0.2, 0.25) is 5.91 Å². The quantitative estimate of drug-likeness (QED) is 0.732. The van der Waals surface area contributed by atoms with Crippen LogP contribution in [0.1, 0.15) is 45.2 Å². The SMILES string of the molecule is CC(C)(C)C(=O)N1CCCC1c1ccsc1. The van der Waals surface area contributed by atoms with Gasteiger partial charge in [-0.2, -0.15) is 11.3 Å². The Morgan fingerprint density at radius 3 is 2.81 bits per heavy atom. The van der Waals surface area contributed by atoms with Crippen LogP contribution in [0.25, 0.3) is 0 Å². The van der Waals surface area contributed by atoms with Gasteiger partial charge in [-0.3, -0.25) is 4.79 Å². The Hall–Kier alpha value is -0.830. The molecule has 0 aliphatic carbocycles. The predicted molar refractivity (Wildman–Crippen MR) is 67.5 cm³/mol. The van der Waals surface area contributed by atoms with Crippen LogP contribution in [0.5, 0.6) is 0 Å². The molecule has 1 unspecified atom stereocenters. The standard InChI is InChI=1S/C13H19NOS/c1-13(2,3)12(15)14-7-4-5-11(14)10-6-8-16-9-10/h6,8-9,11H,4-5,7H2,1-3H3. The van der Waals surface area contributed by atoms with Crippen molar-refractivity contribution in [3.05, 3.63) is 22.4 Å². The van der Waals surface area contributed by atoms with Crippen LogP contribution < -0.4 is 0 Å². The van der Waals surface area contributed by atoms with Crippen LogP contribution in [0, 0.1) is 5.41 Å². The van der Waals surface area contributed by atoms with Crippen LogP contribution >= 0.6 is 11.3 Å². The molecule has 1 atom stereocenters. The zero-order chi connectivity index (χ0) is 11.8. The first-order valence-corrected chi connectivity index (χ1v) is 6.77. The fourth-order valence-corrected chi connectivity index (χ4v) is 2.96. The molecule has 1 saturated heterocycles. The molecule has 0 N–H and O–H groups in total. The Labute approximate surface area is 101 Å². The number of hydrogen-bond donors (Lipinski definition) is 0. The molecule has 16 heavy (non-hydrogen) atoms. The van der Waals surface area contributed by atoms with Crippen LogP contribution in [0.15, 0.2) is 16.8 Å². The number of carbonyl (C=O) groups is 1. The van der Waals surface area contributed by atoms with E-state index in [1.807, 2.05) is 20.8 Å². The minimum atomic E-state index is -0.265. The van der Waals surface area contributed by atoms with Gasteiger partial charge in [0.15, 0.2) is 0 Å². The summed E-state index contributed by atoms with van der Waals surface area (Å²) >= 11 is 1.71. The van der Waals surface area contributed by atoms with Crippen molar-refractivity contribution in [3.8, 4) is 0 Å². The molecular formula is C13H19NOS. The van der Waals surface area contributed by atoms with Gasteiger partial charge in [-0.05, 0) is 35.2 Å². The molecular weight excluding hydrogens is 218 g/mol. The van der Waals surface area contributed by atoms with E-state index < -0.39 is 0 Å². The molecule has 1 amide bonds. The van der Waals surface area contributed by atoms with Gasteiger partial charge in [-0.15, -0.1) is 0 Å². The second kappa shape index (κ2) is 4.21. The molecule has 1 aliphatic heterocycles. The molecule has 2 heterocycles.